The molecule has 0 radical (unpaired) electrons. The highest BCUT2D eigenvalue weighted by Gasteiger charge is 2.14. The number of anilines is 1. The molecule has 6 nitrogen and oxygen atoms in total. The predicted molar refractivity (Wildman–Crippen MR) is 87.1 cm³/mol. The van der Waals surface area contributed by atoms with Crippen LogP contribution in [0.15, 0.2) is 66.1 Å². The molecule has 0 atom stereocenters. The fraction of sp³-hybridized carbons (Fsp3) is 0. The summed E-state index contributed by atoms with van der Waals surface area (Å²) in [5, 5.41) is 2.31. The summed E-state index contributed by atoms with van der Waals surface area (Å²) in [5.74, 6) is -2.13. The summed E-state index contributed by atoms with van der Waals surface area (Å²) in [6, 6.07) is 3.49. The van der Waals surface area contributed by atoms with Gasteiger partial charge in [-0.1, -0.05) is 6.58 Å². The highest BCUT2D eigenvalue weighted by molar-refractivity contribution is 6.04. The van der Waals surface area contributed by atoms with Gasteiger partial charge in [0.15, 0.2) is 17.3 Å². The first-order chi connectivity index (χ1) is 11.5. The van der Waals surface area contributed by atoms with Crippen molar-refractivity contribution in [2.45, 2.75) is 0 Å². The number of nitrogens with zero attached hydrogens (tertiary/aromatic N) is 3. The summed E-state index contributed by atoms with van der Waals surface area (Å²) in [6.45, 7) is 6.32. The molecule has 0 aliphatic carbocycles. The molecule has 0 aliphatic heterocycles. The molecule has 0 spiro atoms. The van der Waals surface area contributed by atoms with Gasteiger partial charge in [-0.15, -0.1) is 0 Å². The van der Waals surface area contributed by atoms with Crippen LogP contribution in [0.3, 0.4) is 0 Å². The highest BCUT2D eigenvalue weighted by Crippen LogP contribution is 2.25. The third-order valence-electron chi connectivity index (χ3n) is 2.68. The molecule has 0 saturated heterocycles. The first-order valence-corrected chi connectivity index (χ1v) is 6.57. The molecule has 0 unspecified atom stereocenters. The molecule has 124 valence electrons. The van der Waals surface area contributed by atoms with Crippen LogP contribution in [-0.2, 0) is 4.79 Å². The second kappa shape index (κ2) is 7.73. The lowest BCUT2D eigenvalue weighted by Gasteiger charge is -2.09. The summed E-state index contributed by atoms with van der Waals surface area (Å²) in [4.78, 5) is 22.8. The van der Waals surface area contributed by atoms with Crippen LogP contribution in [0.4, 0.5) is 14.5 Å². The molecular formula is C16H14F2N4O2. The number of aromatic nitrogens is 2. The first-order valence-electron chi connectivity index (χ1n) is 6.57. The van der Waals surface area contributed by atoms with Crippen molar-refractivity contribution in [3.63, 3.8) is 0 Å². The van der Waals surface area contributed by atoms with E-state index in [0.717, 1.165) is 18.2 Å². The molecule has 1 amide bonds. The molecule has 0 saturated carbocycles. The number of ether oxygens (including phenoxy) is 1. The van der Waals surface area contributed by atoms with E-state index in [4.69, 9.17) is 4.74 Å². The van der Waals surface area contributed by atoms with E-state index in [9.17, 15) is 13.6 Å². The number of halogens is 2. The smallest absolute Gasteiger partial charge is 0.277 e. The molecule has 1 aromatic carbocycles. The lowest BCUT2D eigenvalue weighted by molar-refractivity contribution is -0.113. The van der Waals surface area contributed by atoms with Gasteiger partial charge < -0.3 is 10.1 Å². The van der Waals surface area contributed by atoms with E-state index in [1.54, 1.807) is 0 Å². The molecule has 24 heavy (non-hydrogen) atoms. The van der Waals surface area contributed by atoms with Crippen molar-refractivity contribution < 1.29 is 19.7 Å². The van der Waals surface area contributed by atoms with Gasteiger partial charge in [-0.25, -0.2) is 18.7 Å². The number of nitrogens with one attached hydrogen (secondary N) is 1. The van der Waals surface area contributed by atoms with Crippen molar-refractivity contribution in [1.29, 1.82) is 0 Å². The number of rotatable bonds is 6. The lowest BCUT2D eigenvalue weighted by Crippen LogP contribution is -2.14. The number of carbonyl (C=O) groups is 1. The minimum atomic E-state index is -0.947. The Morgan fingerprint density at radius 3 is 2.62 bits per heavy atom. The van der Waals surface area contributed by atoms with Crippen molar-refractivity contribution in [3.8, 4) is 11.5 Å². The number of aliphatic imine (C=N–C) groups is 1. The molecule has 8 heteroatoms. The maximum atomic E-state index is 13.7. The minimum Gasteiger partial charge on any atom is -0.454 e. The molecule has 2 aromatic rings. The van der Waals surface area contributed by atoms with E-state index in [0.29, 0.717) is 0 Å². The van der Waals surface area contributed by atoms with Gasteiger partial charge in [0.25, 0.3) is 5.91 Å². The van der Waals surface area contributed by atoms with Crippen LogP contribution in [0.2, 0.25) is 0 Å². The van der Waals surface area contributed by atoms with Crippen LogP contribution in [-0.4, -0.2) is 22.6 Å². The average molecular weight is 332 g/mol. The third kappa shape index (κ3) is 4.29. The van der Waals surface area contributed by atoms with Gasteiger partial charge in [-0.2, -0.15) is 0 Å². The summed E-state index contributed by atoms with van der Waals surface area (Å²) in [6.07, 6.45) is 4.91. The Balaban J connectivity index is 0.00000312. The summed E-state index contributed by atoms with van der Waals surface area (Å²) >= 11 is 0. The fourth-order valence-corrected chi connectivity index (χ4v) is 1.71. The number of hydrogen-bond donors (Lipinski definition) is 1. The van der Waals surface area contributed by atoms with E-state index in [-0.39, 0.29) is 18.6 Å². The highest BCUT2D eigenvalue weighted by atomic mass is 19.1. The normalized spacial score (nSPS) is 11.2. The molecule has 1 heterocycles. The molecule has 0 bridgehead atoms. The Morgan fingerprint density at radius 2 is 2.00 bits per heavy atom. The first kappa shape index (κ1) is 16.9. The monoisotopic (exact) mass is 332 g/mol. The van der Waals surface area contributed by atoms with Crippen molar-refractivity contribution >= 4 is 18.3 Å². The van der Waals surface area contributed by atoms with E-state index < -0.39 is 23.2 Å². The van der Waals surface area contributed by atoms with E-state index in [1.165, 1.54) is 24.8 Å². The standard InChI is InChI=1S/C16H12F2N4O2.H2/c1-3-14(18)15(19-2)16(23)22-11-4-10(17)5-12(6-11)24-13-7-20-9-21-8-13;/h3-9H,1-2H2,(H,22,23);1H/b15-14+;. The van der Waals surface area contributed by atoms with Crippen molar-refractivity contribution in [2.24, 2.45) is 4.99 Å². The van der Waals surface area contributed by atoms with Crippen LogP contribution in [0.5, 0.6) is 11.5 Å². The van der Waals surface area contributed by atoms with Gasteiger partial charge in [0.1, 0.15) is 17.9 Å². The zero-order chi connectivity index (χ0) is 17.5. The Labute approximate surface area is 137 Å². The topological polar surface area (TPSA) is 76.5 Å². The fourth-order valence-electron chi connectivity index (χ4n) is 1.71. The minimum absolute atomic E-state index is 0. The van der Waals surface area contributed by atoms with Crippen LogP contribution in [0.1, 0.15) is 1.43 Å². The van der Waals surface area contributed by atoms with Gasteiger partial charge >= 0.3 is 0 Å². The van der Waals surface area contributed by atoms with Crippen LogP contribution in [0, 0.1) is 5.82 Å². The number of carbonyl (C=O) groups excluding carboxylic acids is 1. The van der Waals surface area contributed by atoms with Gasteiger partial charge in [-0.05, 0) is 18.9 Å². The quantitative estimate of drug-likeness (QED) is 0.497. The van der Waals surface area contributed by atoms with Crippen molar-refractivity contribution in [3.05, 3.63) is 66.9 Å². The van der Waals surface area contributed by atoms with E-state index in [1.807, 2.05) is 0 Å². The van der Waals surface area contributed by atoms with Crippen LogP contribution in [0.25, 0.3) is 0 Å². The second-order valence-corrected chi connectivity index (χ2v) is 4.36. The number of amides is 1. The molecule has 0 aliphatic rings. The van der Waals surface area contributed by atoms with Crippen molar-refractivity contribution in [1.82, 2.24) is 9.97 Å². The molecule has 2 rings (SSSR count). The summed E-state index contributed by atoms with van der Waals surface area (Å²) in [7, 11) is 0. The van der Waals surface area contributed by atoms with Crippen LogP contribution >= 0.6 is 0 Å². The average Bonchev–Trinajstić information content (AvgIpc) is 2.55. The largest absolute Gasteiger partial charge is 0.454 e. The van der Waals surface area contributed by atoms with Crippen LogP contribution < -0.4 is 10.1 Å². The summed E-state index contributed by atoms with van der Waals surface area (Å²) < 4.78 is 32.5. The van der Waals surface area contributed by atoms with E-state index >= 15 is 0 Å². The molecule has 0 fully saturated rings. The molecule has 1 aromatic heterocycles. The maximum absolute atomic E-state index is 13.7. The SMILES string of the molecule is C=C/C(F)=C(\N=C)C(=O)Nc1cc(F)cc(Oc2cncnc2)c1.[HH]. The zero-order valence-electron chi connectivity index (χ0n) is 12.4. The predicted octanol–water partition coefficient (Wildman–Crippen LogP) is 3.66. The van der Waals surface area contributed by atoms with Crippen molar-refractivity contribution in [2.75, 3.05) is 5.32 Å². The van der Waals surface area contributed by atoms with Gasteiger partial charge in [0.05, 0.1) is 12.4 Å². The Kier molecular flexibility index (Phi) is 5.45. The van der Waals surface area contributed by atoms with Gasteiger partial charge in [0.2, 0.25) is 0 Å². The summed E-state index contributed by atoms with van der Waals surface area (Å²) in [5.41, 5.74) is -0.516. The van der Waals surface area contributed by atoms with E-state index in [2.05, 4.69) is 33.6 Å². The number of allylic oxidation sites excluding steroid dienone is 2. The molecular weight excluding hydrogens is 318 g/mol. The lowest BCUT2D eigenvalue weighted by atomic mass is 10.2. The maximum Gasteiger partial charge on any atom is 0.277 e. The number of benzene rings is 1. The third-order valence-corrected chi connectivity index (χ3v) is 2.68. The Morgan fingerprint density at radius 1 is 1.29 bits per heavy atom. The Bertz CT molecular complexity index is 813. The Hall–Kier alpha value is -3.42. The van der Waals surface area contributed by atoms with Gasteiger partial charge in [0, 0.05) is 19.2 Å². The number of hydrogen-bond acceptors (Lipinski definition) is 5. The second-order valence-electron chi connectivity index (χ2n) is 4.36. The zero-order valence-corrected chi connectivity index (χ0v) is 12.4. The molecule has 1 N–H and O–H groups in total. The van der Waals surface area contributed by atoms with Gasteiger partial charge in [-0.3, -0.25) is 9.79 Å².